The summed E-state index contributed by atoms with van der Waals surface area (Å²) in [4.78, 5) is 13.1. The van der Waals surface area contributed by atoms with Crippen molar-refractivity contribution in [3.05, 3.63) is 71.9 Å². The van der Waals surface area contributed by atoms with Gasteiger partial charge >= 0.3 is 0 Å². The van der Waals surface area contributed by atoms with Crippen molar-refractivity contribution in [2.45, 2.75) is 70.4 Å². The first-order valence-electron chi connectivity index (χ1n) is 12.9. The molecule has 0 aliphatic heterocycles. The molecule has 1 saturated carbocycles. The number of hydrogen-bond acceptors (Lipinski definition) is 5. The molecule has 0 bridgehead atoms. The molecule has 1 amide bonds. The molecule has 1 aromatic heterocycles. The smallest absolute Gasteiger partial charge is 0.257 e. The van der Waals surface area contributed by atoms with E-state index in [4.69, 9.17) is 13.9 Å². The fraction of sp³-hybridized carbons (Fsp3) is 0.448. The molecule has 37 heavy (non-hydrogen) atoms. The van der Waals surface area contributed by atoms with Gasteiger partial charge in [0.25, 0.3) is 5.91 Å². The number of nitrogens with zero attached hydrogens (tertiary/aromatic N) is 2. The third kappa shape index (κ3) is 6.81. The van der Waals surface area contributed by atoms with Gasteiger partial charge in [-0.2, -0.15) is 5.10 Å². The Kier molecular flexibility index (Phi) is 7.80. The van der Waals surface area contributed by atoms with E-state index in [0.717, 1.165) is 24.8 Å². The van der Waals surface area contributed by atoms with E-state index in [1.165, 1.54) is 0 Å². The van der Waals surface area contributed by atoms with Crippen LogP contribution in [0.3, 0.4) is 0 Å². The van der Waals surface area contributed by atoms with E-state index in [-0.39, 0.29) is 16.5 Å². The summed E-state index contributed by atoms with van der Waals surface area (Å²) in [5, 5.41) is 7.24. The van der Waals surface area contributed by atoms with Crippen molar-refractivity contribution in [2.75, 3.05) is 11.9 Å². The van der Waals surface area contributed by atoms with Gasteiger partial charge in [0.15, 0.2) is 14.1 Å². The van der Waals surface area contributed by atoms with Crippen LogP contribution in [-0.2, 0) is 18.1 Å². The number of ether oxygens (including phenoxy) is 2. The molecule has 0 atom stereocenters. The first kappa shape index (κ1) is 26.9. The van der Waals surface area contributed by atoms with Gasteiger partial charge in [-0.3, -0.25) is 9.48 Å². The highest BCUT2D eigenvalue weighted by Gasteiger charge is 2.44. The van der Waals surface area contributed by atoms with Crippen LogP contribution in [0.4, 0.5) is 5.82 Å². The Morgan fingerprint density at radius 1 is 1.08 bits per heavy atom. The van der Waals surface area contributed by atoms with Crippen LogP contribution >= 0.6 is 0 Å². The predicted octanol–water partition coefficient (Wildman–Crippen LogP) is 6.57. The lowest BCUT2D eigenvalue weighted by Crippen LogP contribution is -2.52. The standard InChI is InChI=1S/C29H39N3O4Si/c1-28(2,3)37(5,6)35-21-29(14-10-15-29)36-25-18-23(27(33)30-26-13-16-32(4)31-26)17-24(19-25)34-20-22-11-8-7-9-12-22/h7-9,11-13,16-19H,10,14-15,20-21H2,1-6H3,(H,30,31,33). The summed E-state index contributed by atoms with van der Waals surface area (Å²) in [6.07, 6.45) is 4.72. The van der Waals surface area contributed by atoms with Gasteiger partial charge in [-0.05, 0) is 55.1 Å². The van der Waals surface area contributed by atoms with Crippen LogP contribution in [0.5, 0.6) is 11.5 Å². The number of anilines is 1. The Balaban J connectivity index is 1.55. The highest BCUT2D eigenvalue weighted by molar-refractivity contribution is 6.74. The minimum atomic E-state index is -1.92. The summed E-state index contributed by atoms with van der Waals surface area (Å²) in [5.74, 6) is 1.40. The lowest BCUT2D eigenvalue weighted by atomic mass is 9.80. The van der Waals surface area contributed by atoms with Crippen molar-refractivity contribution in [3.63, 3.8) is 0 Å². The molecule has 3 aromatic rings. The van der Waals surface area contributed by atoms with Crippen molar-refractivity contribution in [3.8, 4) is 11.5 Å². The van der Waals surface area contributed by atoms with E-state index >= 15 is 0 Å². The number of amides is 1. The van der Waals surface area contributed by atoms with Gasteiger partial charge in [-0.25, -0.2) is 0 Å². The molecule has 7 nitrogen and oxygen atoms in total. The van der Waals surface area contributed by atoms with Crippen LogP contribution in [0.15, 0.2) is 60.8 Å². The zero-order valence-corrected chi connectivity index (χ0v) is 23.8. The van der Waals surface area contributed by atoms with Crippen molar-refractivity contribution in [1.29, 1.82) is 0 Å². The number of rotatable bonds is 10. The van der Waals surface area contributed by atoms with Gasteiger partial charge < -0.3 is 19.2 Å². The van der Waals surface area contributed by atoms with Gasteiger partial charge in [-0.15, -0.1) is 0 Å². The van der Waals surface area contributed by atoms with Gasteiger partial charge in [0, 0.05) is 30.9 Å². The normalized spacial score (nSPS) is 15.1. The van der Waals surface area contributed by atoms with Crippen LogP contribution in [0.25, 0.3) is 0 Å². The predicted molar refractivity (Wildman–Crippen MR) is 149 cm³/mol. The summed E-state index contributed by atoms with van der Waals surface area (Å²) < 4.78 is 20.9. The molecule has 0 saturated heterocycles. The second-order valence-corrected chi connectivity index (χ2v) is 16.3. The van der Waals surface area contributed by atoms with E-state index in [9.17, 15) is 4.79 Å². The van der Waals surface area contributed by atoms with Crippen molar-refractivity contribution >= 4 is 20.0 Å². The Hall–Kier alpha value is -3.10. The minimum absolute atomic E-state index is 0.125. The molecule has 1 fully saturated rings. The molecular weight excluding hydrogens is 482 g/mol. The topological polar surface area (TPSA) is 74.6 Å². The largest absolute Gasteiger partial charge is 0.489 e. The number of carbonyl (C=O) groups is 1. The number of benzene rings is 2. The van der Waals surface area contributed by atoms with Gasteiger partial charge in [0.2, 0.25) is 0 Å². The average molecular weight is 522 g/mol. The highest BCUT2D eigenvalue weighted by atomic mass is 28.4. The molecule has 8 heteroatoms. The molecular formula is C29H39N3O4Si. The summed E-state index contributed by atoms with van der Waals surface area (Å²) in [7, 11) is -0.114. The number of hydrogen-bond donors (Lipinski definition) is 1. The molecule has 0 unspecified atom stereocenters. The van der Waals surface area contributed by atoms with Crippen LogP contribution in [0.1, 0.15) is 56.0 Å². The van der Waals surface area contributed by atoms with Crippen molar-refractivity contribution in [2.24, 2.45) is 7.05 Å². The van der Waals surface area contributed by atoms with Crippen molar-refractivity contribution < 1.29 is 18.7 Å². The number of nitrogens with one attached hydrogen (secondary N) is 1. The Morgan fingerprint density at radius 2 is 1.78 bits per heavy atom. The lowest BCUT2D eigenvalue weighted by molar-refractivity contribution is -0.0475. The van der Waals surface area contributed by atoms with Crippen LogP contribution in [0.2, 0.25) is 18.1 Å². The zero-order valence-electron chi connectivity index (χ0n) is 22.8. The lowest BCUT2D eigenvalue weighted by Gasteiger charge is -2.45. The van der Waals surface area contributed by atoms with Gasteiger partial charge in [-0.1, -0.05) is 51.1 Å². The van der Waals surface area contributed by atoms with E-state index in [0.29, 0.717) is 36.1 Å². The van der Waals surface area contributed by atoms with E-state index in [1.807, 2.05) is 43.4 Å². The molecule has 0 radical (unpaired) electrons. The monoisotopic (exact) mass is 521 g/mol. The quantitative estimate of drug-likeness (QED) is 0.305. The third-order valence-corrected chi connectivity index (χ3v) is 11.9. The zero-order chi connectivity index (χ0) is 26.7. The third-order valence-electron chi connectivity index (χ3n) is 7.45. The van der Waals surface area contributed by atoms with Crippen molar-refractivity contribution in [1.82, 2.24) is 9.78 Å². The van der Waals surface area contributed by atoms with Gasteiger partial charge in [0.1, 0.15) is 23.7 Å². The molecule has 2 aromatic carbocycles. The number of aryl methyl sites for hydroxylation is 1. The maximum absolute atomic E-state index is 13.1. The number of aromatic nitrogens is 2. The van der Waals surface area contributed by atoms with Crippen LogP contribution < -0.4 is 14.8 Å². The summed E-state index contributed by atoms with van der Waals surface area (Å²) in [6.45, 7) is 12.2. The Bertz CT molecular complexity index is 1210. The summed E-state index contributed by atoms with van der Waals surface area (Å²) >= 11 is 0. The highest BCUT2D eigenvalue weighted by Crippen LogP contribution is 2.42. The first-order chi connectivity index (χ1) is 17.4. The average Bonchev–Trinajstić information content (AvgIpc) is 3.23. The maximum Gasteiger partial charge on any atom is 0.257 e. The molecule has 198 valence electrons. The second-order valence-electron chi connectivity index (χ2n) is 11.5. The fourth-order valence-corrected chi connectivity index (χ4v) is 4.94. The summed E-state index contributed by atoms with van der Waals surface area (Å²) in [6, 6.07) is 17.1. The number of carbonyl (C=O) groups excluding carboxylic acids is 1. The summed E-state index contributed by atoms with van der Waals surface area (Å²) in [5.41, 5.74) is 1.11. The van der Waals surface area contributed by atoms with E-state index in [2.05, 4.69) is 44.3 Å². The Morgan fingerprint density at radius 3 is 2.38 bits per heavy atom. The fourth-order valence-electron chi connectivity index (χ4n) is 3.88. The van der Waals surface area contributed by atoms with Crippen LogP contribution in [-0.4, -0.2) is 36.2 Å². The second kappa shape index (κ2) is 10.7. The van der Waals surface area contributed by atoms with E-state index < -0.39 is 8.32 Å². The first-order valence-corrected chi connectivity index (χ1v) is 15.8. The van der Waals surface area contributed by atoms with E-state index in [1.54, 1.807) is 29.1 Å². The molecule has 1 N–H and O–H groups in total. The Labute approximate surface area is 221 Å². The maximum atomic E-state index is 13.1. The van der Waals surface area contributed by atoms with Crippen LogP contribution in [0, 0.1) is 0 Å². The SMILES string of the molecule is Cn1ccc(NC(=O)c2cc(OCc3ccccc3)cc(OC3(CO[Si](C)(C)C(C)(C)C)CCC3)c2)n1. The minimum Gasteiger partial charge on any atom is -0.489 e. The molecule has 1 aliphatic carbocycles. The molecule has 4 rings (SSSR count). The molecule has 0 spiro atoms. The molecule has 1 aliphatic rings. The van der Waals surface area contributed by atoms with Gasteiger partial charge in [0.05, 0.1) is 6.61 Å². The molecule has 1 heterocycles.